The minimum absolute atomic E-state index is 0.197. The molecule has 1 aromatic carbocycles. The molecule has 0 saturated carbocycles. The number of aromatic nitrogens is 1. The van der Waals surface area contributed by atoms with Gasteiger partial charge in [-0.05, 0) is 11.6 Å². The number of benzene rings is 1. The number of thioether (sulfide) groups is 1. The van der Waals surface area contributed by atoms with Gasteiger partial charge in [0.2, 0.25) is 0 Å². The number of fused-ring (bicyclic) bond motifs is 1. The van der Waals surface area contributed by atoms with Crippen molar-refractivity contribution in [1.82, 2.24) is 4.73 Å². The van der Waals surface area contributed by atoms with Crippen LogP contribution in [0, 0.1) is 0 Å². The zero-order valence-electron chi connectivity index (χ0n) is 16.8. The summed E-state index contributed by atoms with van der Waals surface area (Å²) in [6.45, 7) is -0.712. The van der Waals surface area contributed by atoms with Crippen LogP contribution in [0.3, 0.4) is 0 Å². The first-order valence-corrected chi connectivity index (χ1v) is 12.9. The van der Waals surface area contributed by atoms with Crippen LogP contribution >= 0.6 is 11.8 Å². The van der Waals surface area contributed by atoms with Gasteiger partial charge in [-0.1, -0.05) is 35.1 Å². The summed E-state index contributed by atoms with van der Waals surface area (Å²) in [6.07, 6.45) is -5.49. The molecule has 0 bridgehead atoms. The molecule has 18 heteroatoms. The smallest absolute Gasteiger partial charge is 0.394 e. The Bertz CT molecular complexity index is 1260. The van der Waals surface area contributed by atoms with Crippen LogP contribution in [0.4, 0.5) is 0 Å². The predicted molar refractivity (Wildman–Crippen MR) is 115 cm³/mol. The molecule has 1 saturated heterocycles. The van der Waals surface area contributed by atoms with Gasteiger partial charge in [0.15, 0.2) is 0 Å². The van der Waals surface area contributed by atoms with E-state index in [1.54, 1.807) is 18.2 Å². The van der Waals surface area contributed by atoms with Crippen LogP contribution in [-0.4, -0.2) is 92.6 Å². The Labute approximate surface area is 197 Å². The average molecular weight is 545 g/mol. The van der Waals surface area contributed by atoms with E-state index in [9.17, 15) is 37.3 Å². The highest BCUT2D eigenvalue weighted by Crippen LogP contribution is 2.31. The van der Waals surface area contributed by atoms with Gasteiger partial charge in [0, 0.05) is 11.8 Å². The van der Waals surface area contributed by atoms with Crippen molar-refractivity contribution in [2.45, 2.75) is 36.3 Å². The molecule has 1 aliphatic heterocycles. The van der Waals surface area contributed by atoms with Gasteiger partial charge in [-0.2, -0.15) is 21.6 Å². The minimum atomic E-state index is -5.04. The molecule has 0 spiro atoms. The number of ether oxygens (including phenoxy) is 1. The van der Waals surface area contributed by atoms with Gasteiger partial charge in [-0.25, -0.2) is 4.28 Å². The van der Waals surface area contributed by atoms with Crippen molar-refractivity contribution in [2.75, 3.05) is 6.61 Å². The summed E-state index contributed by atoms with van der Waals surface area (Å²) in [5.74, 6) is 0. The standard InChI is InChI=1S/C16H20N2O13S3/c19-7-11-13(20)14(21)15(22)16(29-11)32-12(17-30-33(23,24)25)5-8-6-18(31-34(26,27)28)10-4-2-1-3-9(8)10/h1-4,6,11,13-16,19-22H,5,7H2,(H,23,24,25)(H,26,27,28)/b17-12-/t11-,13-,14+,15-,16+/m1/s1. The van der Waals surface area contributed by atoms with Crippen LogP contribution in [0.15, 0.2) is 35.6 Å². The van der Waals surface area contributed by atoms with E-state index in [1.807, 2.05) is 0 Å². The molecule has 2 aromatic rings. The first-order chi connectivity index (χ1) is 15.8. The second-order valence-corrected chi connectivity index (χ2v) is 10.2. The van der Waals surface area contributed by atoms with E-state index in [-0.39, 0.29) is 22.5 Å². The van der Waals surface area contributed by atoms with Crippen molar-refractivity contribution in [3.05, 3.63) is 36.0 Å². The monoisotopic (exact) mass is 544 g/mol. The topological polar surface area (TPSA) is 235 Å². The molecule has 15 nitrogen and oxygen atoms in total. The SMILES string of the molecule is O=S(=O)(O)O/N=C(/Cc1cn(OS(=O)(=O)O)c2ccccc12)S[C@@H]1O[C@H](CO)[C@@H](O)[C@H](O)[C@H]1O. The van der Waals surface area contributed by atoms with E-state index in [2.05, 4.69) is 13.7 Å². The van der Waals surface area contributed by atoms with Crippen LogP contribution < -0.4 is 4.28 Å². The molecule has 6 N–H and O–H groups in total. The zero-order valence-corrected chi connectivity index (χ0v) is 19.3. The molecule has 190 valence electrons. The number of hydrogen-bond acceptors (Lipinski definition) is 13. The molecule has 0 unspecified atom stereocenters. The summed E-state index contributed by atoms with van der Waals surface area (Å²) in [7, 11) is -9.94. The molecule has 34 heavy (non-hydrogen) atoms. The molecule has 1 aliphatic rings. The molecular formula is C16H20N2O13S3. The summed E-state index contributed by atoms with van der Waals surface area (Å²) in [4.78, 5) is 0. The fourth-order valence-electron chi connectivity index (χ4n) is 3.17. The lowest BCUT2D eigenvalue weighted by Gasteiger charge is -2.39. The lowest BCUT2D eigenvalue weighted by molar-refractivity contribution is -0.205. The predicted octanol–water partition coefficient (Wildman–Crippen LogP) is -1.92. The van der Waals surface area contributed by atoms with Gasteiger partial charge in [0.05, 0.1) is 18.3 Å². The van der Waals surface area contributed by atoms with Crippen molar-refractivity contribution in [2.24, 2.45) is 5.16 Å². The lowest BCUT2D eigenvalue weighted by Crippen LogP contribution is -2.57. The Morgan fingerprint density at radius 1 is 1.06 bits per heavy atom. The highest BCUT2D eigenvalue weighted by molar-refractivity contribution is 8.14. The number of para-hydroxylation sites is 1. The van der Waals surface area contributed by atoms with Crippen molar-refractivity contribution >= 4 is 48.5 Å². The van der Waals surface area contributed by atoms with Gasteiger partial charge in [0.1, 0.15) is 34.9 Å². The Morgan fingerprint density at radius 2 is 1.74 bits per heavy atom. The Morgan fingerprint density at radius 3 is 2.35 bits per heavy atom. The third-order valence-electron chi connectivity index (χ3n) is 4.61. The number of aliphatic hydroxyl groups excluding tert-OH is 4. The highest BCUT2D eigenvalue weighted by Gasteiger charge is 2.44. The molecule has 1 fully saturated rings. The Kier molecular flexibility index (Phi) is 8.07. The zero-order chi connectivity index (χ0) is 25.3. The fourth-order valence-corrected chi connectivity index (χ4v) is 4.81. The van der Waals surface area contributed by atoms with Gasteiger partial charge in [0.25, 0.3) is 0 Å². The number of nitrogens with zero attached hydrogens (tertiary/aromatic N) is 2. The van der Waals surface area contributed by atoms with Crippen LogP contribution in [0.5, 0.6) is 0 Å². The molecule has 0 radical (unpaired) electrons. The first-order valence-electron chi connectivity index (χ1n) is 9.25. The number of rotatable bonds is 8. The van der Waals surface area contributed by atoms with E-state index in [4.69, 9.17) is 13.8 Å². The van der Waals surface area contributed by atoms with Crippen molar-refractivity contribution in [3.63, 3.8) is 0 Å². The Balaban J connectivity index is 1.96. The van der Waals surface area contributed by atoms with Gasteiger partial charge in [-0.3, -0.25) is 13.4 Å². The summed E-state index contributed by atoms with van der Waals surface area (Å²) >= 11 is 0.542. The maximum Gasteiger partial charge on any atom is 0.466 e. The summed E-state index contributed by atoms with van der Waals surface area (Å²) in [5, 5.41) is 42.9. The molecule has 3 rings (SSSR count). The molecule has 5 atom stereocenters. The lowest BCUT2D eigenvalue weighted by atomic mass is 10.0. The second kappa shape index (κ2) is 10.3. The van der Waals surface area contributed by atoms with Crippen molar-refractivity contribution in [1.29, 1.82) is 0 Å². The number of aliphatic hydroxyl groups is 4. The number of hydrogen-bond donors (Lipinski definition) is 6. The average Bonchev–Trinajstić information content (AvgIpc) is 3.07. The molecular weight excluding hydrogens is 524 g/mol. The summed E-state index contributed by atoms with van der Waals surface area (Å²) in [5.41, 5.74) is -0.904. The quantitative estimate of drug-likeness (QED) is 0.0920. The van der Waals surface area contributed by atoms with E-state index in [0.29, 0.717) is 17.1 Å². The molecule has 0 amide bonds. The van der Waals surface area contributed by atoms with E-state index < -0.39 is 57.3 Å². The summed E-state index contributed by atoms with van der Waals surface area (Å²) < 4.78 is 76.9. The first kappa shape index (κ1) is 26.6. The fraction of sp³-hybridized carbons (Fsp3) is 0.438. The van der Waals surface area contributed by atoms with Crippen molar-refractivity contribution < 1.29 is 59.7 Å². The van der Waals surface area contributed by atoms with Crippen LogP contribution in [0.1, 0.15) is 5.56 Å². The highest BCUT2D eigenvalue weighted by atomic mass is 32.3. The molecule has 0 aliphatic carbocycles. The summed E-state index contributed by atoms with van der Waals surface area (Å²) in [6, 6.07) is 6.16. The largest absolute Gasteiger partial charge is 0.466 e. The van der Waals surface area contributed by atoms with Gasteiger partial charge < -0.3 is 25.2 Å². The third-order valence-corrected chi connectivity index (χ3v) is 6.34. The maximum absolute atomic E-state index is 11.2. The minimum Gasteiger partial charge on any atom is -0.394 e. The van der Waals surface area contributed by atoms with Crippen molar-refractivity contribution in [3.8, 4) is 0 Å². The van der Waals surface area contributed by atoms with Crippen LogP contribution in [0.2, 0.25) is 0 Å². The van der Waals surface area contributed by atoms with E-state index in [0.717, 1.165) is 10.9 Å². The maximum atomic E-state index is 11.2. The van der Waals surface area contributed by atoms with Crippen LogP contribution in [-0.2, 0) is 36.2 Å². The van der Waals surface area contributed by atoms with Gasteiger partial charge in [-0.15, -0.1) is 0 Å². The molecule has 2 heterocycles. The molecule has 1 aromatic heterocycles. The van der Waals surface area contributed by atoms with Crippen LogP contribution in [0.25, 0.3) is 10.9 Å². The third kappa shape index (κ3) is 6.56. The Hall–Kier alpha value is -2.00. The van der Waals surface area contributed by atoms with E-state index >= 15 is 0 Å². The van der Waals surface area contributed by atoms with E-state index in [1.165, 1.54) is 6.07 Å². The second-order valence-electron chi connectivity index (χ2n) is 6.98. The van der Waals surface area contributed by atoms with Gasteiger partial charge >= 0.3 is 20.8 Å². The number of oxime groups is 1. The normalized spacial score (nSPS) is 26.5.